The van der Waals surface area contributed by atoms with Gasteiger partial charge in [-0.15, -0.1) is 12.4 Å². The molecule has 0 saturated heterocycles. The maximum Gasteiger partial charge on any atom is 0.180 e. The standard InChI is InChI=1S/C11H21NO.ClH/c1-9(2)13-11(12)8-10-6-4-3-5-7-10;/h9-10,12H,3-8H2,1-2H3;1H. The summed E-state index contributed by atoms with van der Waals surface area (Å²) in [4.78, 5) is 0. The molecule has 0 radical (unpaired) electrons. The fourth-order valence-electron chi connectivity index (χ4n) is 1.99. The molecule has 1 fully saturated rings. The lowest BCUT2D eigenvalue weighted by Crippen LogP contribution is -2.16. The van der Waals surface area contributed by atoms with Crippen molar-refractivity contribution in [3.63, 3.8) is 0 Å². The van der Waals surface area contributed by atoms with Crippen molar-refractivity contribution in [3.05, 3.63) is 0 Å². The third-order valence-electron chi connectivity index (χ3n) is 2.58. The first-order valence-electron chi connectivity index (χ1n) is 5.42. The number of ether oxygens (including phenoxy) is 1. The molecule has 3 heteroatoms. The van der Waals surface area contributed by atoms with Crippen LogP contribution in [0.4, 0.5) is 0 Å². The molecular formula is C11H22ClNO. The second-order valence-corrected chi connectivity index (χ2v) is 4.30. The van der Waals surface area contributed by atoms with E-state index in [2.05, 4.69) is 0 Å². The Bertz CT molecular complexity index is 165. The highest BCUT2D eigenvalue weighted by Crippen LogP contribution is 2.26. The molecule has 2 nitrogen and oxygen atoms in total. The Balaban J connectivity index is 0.00000169. The molecule has 1 saturated carbocycles. The van der Waals surface area contributed by atoms with Crippen molar-refractivity contribution < 1.29 is 4.74 Å². The zero-order valence-electron chi connectivity index (χ0n) is 9.21. The summed E-state index contributed by atoms with van der Waals surface area (Å²) in [5.74, 6) is 1.21. The summed E-state index contributed by atoms with van der Waals surface area (Å²) in [6.45, 7) is 3.96. The fourth-order valence-corrected chi connectivity index (χ4v) is 1.99. The van der Waals surface area contributed by atoms with Crippen molar-refractivity contribution in [1.82, 2.24) is 0 Å². The van der Waals surface area contributed by atoms with Gasteiger partial charge in [-0.3, -0.25) is 5.41 Å². The zero-order valence-corrected chi connectivity index (χ0v) is 10.0. The summed E-state index contributed by atoms with van der Waals surface area (Å²) in [6, 6.07) is 0. The number of nitrogens with one attached hydrogen (secondary N) is 1. The lowest BCUT2D eigenvalue weighted by molar-refractivity contribution is 0.209. The van der Waals surface area contributed by atoms with E-state index in [9.17, 15) is 0 Å². The minimum atomic E-state index is 0. The number of rotatable bonds is 3. The zero-order chi connectivity index (χ0) is 9.68. The molecule has 0 spiro atoms. The van der Waals surface area contributed by atoms with E-state index < -0.39 is 0 Å². The van der Waals surface area contributed by atoms with E-state index in [0.717, 1.165) is 12.3 Å². The van der Waals surface area contributed by atoms with Gasteiger partial charge in [0, 0.05) is 6.42 Å². The summed E-state index contributed by atoms with van der Waals surface area (Å²) < 4.78 is 5.34. The Morgan fingerprint density at radius 2 is 1.86 bits per heavy atom. The van der Waals surface area contributed by atoms with Gasteiger partial charge in [-0.1, -0.05) is 19.3 Å². The van der Waals surface area contributed by atoms with Crippen LogP contribution in [0.5, 0.6) is 0 Å². The average molecular weight is 220 g/mol. The third-order valence-corrected chi connectivity index (χ3v) is 2.58. The van der Waals surface area contributed by atoms with Gasteiger partial charge in [0.05, 0.1) is 6.10 Å². The van der Waals surface area contributed by atoms with Crippen LogP contribution in [0.15, 0.2) is 0 Å². The Morgan fingerprint density at radius 1 is 1.29 bits per heavy atom. The van der Waals surface area contributed by atoms with Gasteiger partial charge < -0.3 is 4.74 Å². The SMILES string of the molecule is CC(C)OC(=N)CC1CCCCC1.Cl. The minimum Gasteiger partial charge on any atom is -0.478 e. The van der Waals surface area contributed by atoms with Gasteiger partial charge in [0.25, 0.3) is 0 Å². The first-order valence-corrected chi connectivity index (χ1v) is 5.42. The third kappa shape index (κ3) is 5.48. The van der Waals surface area contributed by atoms with Crippen molar-refractivity contribution in [2.75, 3.05) is 0 Å². The van der Waals surface area contributed by atoms with Gasteiger partial charge in [-0.05, 0) is 32.6 Å². The highest BCUT2D eigenvalue weighted by Gasteiger charge is 2.16. The highest BCUT2D eigenvalue weighted by atomic mass is 35.5. The van der Waals surface area contributed by atoms with Crippen LogP contribution in [0.1, 0.15) is 52.4 Å². The fraction of sp³-hybridized carbons (Fsp3) is 0.909. The number of halogens is 1. The van der Waals surface area contributed by atoms with Crippen LogP contribution in [0.3, 0.4) is 0 Å². The molecule has 0 aromatic carbocycles. The van der Waals surface area contributed by atoms with E-state index in [1.165, 1.54) is 32.1 Å². The van der Waals surface area contributed by atoms with E-state index in [1.807, 2.05) is 13.8 Å². The molecule has 0 unspecified atom stereocenters. The van der Waals surface area contributed by atoms with Crippen molar-refractivity contribution in [2.45, 2.75) is 58.5 Å². The van der Waals surface area contributed by atoms with Crippen LogP contribution in [0, 0.1) is 11.3 Å². The van der Waals surface area contributed by atoms with E-state index in [4.69, 9.17) is 10.1 Å². The molecule has 0 atom stereocenters. The van der Waals surface area contributed by atoms with E-state index >= 15 is 0 Å². The van der Waals surface area contributed by atoms with Crippen LogP contribution in [0.25, 0.3) is 0 Å². The summed E-state index contributed by atoms with van der Waals surface area (Å²) >= 11 is 0. The summed E-state index contributed by atoms with van der Waals surface area (Å²) in [6.07, 6.45) is 7.69. The molecule has 0 heterocycles. The normalized spacial score (nSPS) is 17.6. The first kappa shape index (κ1) is 13.8. The van der Waals surface area contributed by atoms with Gasteiger partial charge in [0.2, 0.25) is 0 Å². The molecule has 1 aliphatic carbocycles. The predicted molar refractivity (Wildman–Crippen MR) is 62.4 cm³/mol. The van der Waals surface area contributed by atoms with Gasteiger partial charge in [-0.2, -0.15) is 0 Å². The predicted octanol–water partition coefficient (Wildman–Crippen LogP) is 3.78. The van der Waals surface area contributed by atoms with Crippen LogP contribution in [-0.4, -0.2) is 12.0 Å². The monoisotopic (exact) mass is 219 g/mol. The van der Waals surface area contributed by atoms with Gasteiger partial charge >= 0.3 is 0 Å². The van der Waals surface area contributed by atoms with E-state index in [0.29, 0.717) is 5.90 Å². The topological polar surface area (TPSA) is 33.1 Å². The number of hydrogen-bond donors (Lipinski definition) is 1. The second-order valence-electron chi connectivity index (χ2n) is 4.30. The smallest absolute Gasteiger partial charge is 0.180 e. The van der Waals surface area contributed by atoms with Crippen molar-refractivity contribution in [1.29, 1.82) is 5.41 Å². The molecule has 0 amide bonds. The van der Waals surface area contributed by atoms with E-state index in [1.54, 1.807) is 0 Å². The maximum atomic E-state index is 7.63. The van der Waals surface area contributed by atoms with E-state index in [-0.39, 0.29) is 18.5 Å². The lowest BCUT2D eigenvalue weighted by Gasteiger charge is -2.22. The highest BCUT2D eigenvalue weighted by molar-refractivity contribution is 5.85. The van der Waals surface area contributed by atoms with Crippen LogP contribution in [0.2, 0.25) is 0 Å². The summed E-state index contributed by atoms with van der Waals surface area (Å²) in [5.41, 5.74) is 0. The maximum absolute atomic E-state index is 7.63. The van der Waals surface area contributed by atoms with Gasteiger partial charge in [-0.25, -0.2) is 0 Å². The Morgan fingerprint density at radius 3 is 2.36 bits per heavy atom. The molecule has 14 heavy (non-hydrogen) atoms. The van der Waals surface area contributed by atoms with Crippen molar-refractivity contribution >= 4 is 18.3 Å². The molecular weight excluding hydrogens is 198 g/mol. The second kappa shape index (κ2) is 7.10. The minimum absolute atomic E-state index is 0. The summed E-state index contributed by atoms with van der Waals surface area (Å²) in [7, 11) is 0. The average Bonchev–Trinajstić information content (AvgIpc) is 2.04. The molecule has 1 aliphatic rings. The quantitative estimate of drug-likeness (QED) is 0.569. The van der Waals surface area contributed by atoms with Crippen LogP contribution < -0.4 is 0 Å². The number of hydrogen-bond acceptors (Lipinski definition) is 2. The van der Waals surface area contributed by atoms with Crippen molar-refractivity contribution in [3.8, 4) is 0 Å². The van der Waals surface area contributed by atoms with Crippen LogP contribution >= 0.6 is 12.4 Å². The molecule has 0 aromatic rings. The Labute approximate surface area is 93.3 Å². The van der Waals surface area contributed by atoms with Gasteiger partial charge in [0.1, 0.15) is 0 Å². The lowest BCUT2D eigenvalue weighted by atomic mass is 9.87. The molecule has 0 aliphatic heterocycles. The molecule has 0 bridgehead atoms. The Kier molecular flexibility index (Phi) is 6.98. The van der Waals surface area contributed by atoms with Crippen LogP contribution in [-0.2, 0) is 4.74 Å². The summed E-state index contributed by atoms with van der Waals surface area (Å²) in [5, 5.41) is 7.63. The Hall–Kier alpha value is -0.240. The molecule has 0 aromatic heterocycles. The largest absolute Gasteiger partial charge is 0.478 e. The molecule has 1 rings (SSSR count). The van der Waals surface area contributed by atoms with Crippen molar-refractivity contribution in [2.24, 2.45) is 5.92 Å². The molecule has 1 N–H and O–H groups in total. The molecule has 84 valence electrons. The van der Waals surface area contributed by atoms with Gasteiger partial charge in [0.15, 0.2) is 5.90 Å². The first-order chi connectivity index (χ1) is 6.18.